The van der Waals surface area contributed by atoms with Gasteiger partial charge in [-0.05, 0) is 43.0 Å². The Morgan fingerprint density at radius 3 is 2.56 bits per heavy atom. The van der Waals surface area contributed by atoms with Crippen LogP contribution in [0, 0.1) is 11.7 Å². The van der Waals surface area contributed by atoms with E-state index in [-0.39, 0.29) is 50.3 Å². The number of halogens is 1. The highest BCUT2D eigenvalue weighted by atomic mass is 32.2. The number of anilines is 1. The molecule has 4 aliphatic rings. The van der Waals surface area contributed by atoms with Crippen LogP contribution in [-0.4, -0.2) is 91.3 Å². The van der Waals surface area contributed by atoms with Gasteiger partial charge in [-0.25, -0.2) is 22.3 Å². The second kappa shape index (κ2) is 16.1. The zero-order valence-corrected chi connectivity index (χ0v) is 30.7. The number of amides is 5. The van der Waals surface area contributed by atoms with Crippen molar-refractivity contribution in [3.63, 3.8) is 0 Å². The van der Waals surface area contributed by atoms with E-state index in [0.717, 1.165) is 25.7 Å². The van der Waals surface area contributed by atoms with Gasteiger partial charge in [0.2, 0.25) is 17.7 Å². The first-order valence-corrected chi connectivity index (χ1v) is 19.7. The maximum absolute atomic E-state index is 14.4. The lowest BCUT2D eigenvalue weighted by atomic mass is 10.0. The summed E-state index contributed by atoms with van der Waals surface area (Å²) in [4.78, 5) is 70.6. The second-order valence-electron chi connectivity index (χ2n) is 14.2. The van der Waals surface area contributed by atoms with Crippen LogP contribution in [0.15, 0.2) is 60.0 Å². The van der Waals surface area contributed by atoms with Crippen LogP contribution in [0.4, 0.5) is 14.9 Å². The predicted molar refractivity (Wildman–Crippen MR) is 194 cm³/mol. The molecular formula is C37H46FN7O8S. The van der Waals surface area contributed by atoms with E-state index in [4.69, 9.17) is 10.5 Å². The SMILES string of the molecule is C=C[C@@H]1C[C@@]12NC(=O)[C@@H]1C[C@@H](OC(=O)N3Cc4cccc(F)c4C3)CN1C(=O)[C@@H](NC(=O)CN)CCCCCCCNc1ccccc1S(=O)(=O)NC2=O. The number of sulfonamides is 1. The average Bonchev–Trinajstić information content (AvgIpc) is 3.44. The van der Waals surface area contributed by atoms with Gasteiger partial charge in [0, 0.05) is 31.0 Å². The molecule has 0 radical (unpaired) electrons. The Balaban J connectivity index is 1.28. The Morgan fingerprint density at radius 1 is 1.06 bits per heavy atom. The molecule has 5 atom stereocenters. The zero-order valence-electron chi connectivity index (χ0n) is 29.9. The number of nitrogens with two attached hydrogens (primary N) is 1. The molecule has 5 amide bonds. The van der Waals surface area contributed by atoms with E-state index in [9.17, 15) is 36.8 Å². The highest BCUT2D eigenvalue weighted by molar-refractivity contribution is 7.90. The Hall–Kier alpha value is -5.03. The lowest BCUT2D eigenvalue weighted by Gasteiger charge is -2.30. The van der Waals surface area contributed by atoms with Crippen molar-refractivity contribution in [1.82, 2.24) is 25.2 Å². The molecule has 3 aliphatic heterocycles. The van der Waals surface area contributed by atoms with Gasteiger partial charge in [0.15, 0.2) is 0 Å². The van der Waals surface area contributed by atoms with Crippen molar-refractivity contribution in [2.45, 2.75) is 93.1 Å². The zero-order chi connectivity index (χ0) is 38.6. The molecule has 6 N–H and O–H groups in total. The van der Waals surface area contributed by atoms with Crippen LogP contribution in [-0.2, 0) is 47.0 Å². The van der Waals surface area contributed by atoms with Crippen molar-refractivity contribution in [3.8, 4) is 0 Å². The fourth-order valence-electron chi connectivity index (χ4n) is 7.49. The lowest BCUT2D eigenvalue weighted by Crippen LogP contribution is -2.58. The van der Waals surface area contributed by atoms with E-state index >= 15 is 0 Å². The molecule has 54 heavy (non-hydrogen) atoms. The van der Waals surface area contributed by atoms with Gasteiger partial charge in [0.05, 0.1) is 25.3 Å². The number of benzene rings is 2. The Bertz CT molecular complexity index is 1930. The quantitative estimate of drug-likeness (QED) is 0.286. The van der Waals surface area contributed by atoms with Gasteiger partial charge < -0.3 is 31.3 Å². The van der Waals surface area contributed by atoms with Crippen molar-refractivity contribution >= 4 is 45.4 Å². The monoisotopic (exact) mass is 767 g/mol. The fourth-order valence-corrected chi connectivity index (χ4v) is 8.72. The number of nitrogens with one attached hydrogen (secondary N) is 4. The normalized spacial score (nSPS) is 27.3. The summed E-state index contributed by atoms with van der Waals surface area (Å²) in [5.41, 5.74) is 5.22. The van der Waals surface area contributed by atoms with Gasteiger partial charge in [-0.2, -0.15) is 0 Å². The number of hydrogen-bond acceptors (Lipinski definition) is 10. The molecule has 2 aromatic carbocycles. The first-order chi connectivity index (χ1) is 25.9. The van der Waals surface area contributed by atoms with E-state index in [1.807, 2.05) is 0 Å². The number of carbonyl (C=O) groups is 5. The molecular weight excluding hydrogens is 722 g/mol. The fraction of sp³-hybridized carbons (Fsp3) is 0.486. The highest BCUT2D eigenvalue weighted by Crippen LogP contribution is 2.45. The largest absolute Gasteiger partial charge is 0.444 e. The molecule has 1 saturated carbocycles. The minimum absolute atomic E-state index is 0.0165. The van der Waals surface area contributed by atoms with Crippen LogP contribution < -0.4 is 26.4 Å². The molecule has 1 aliphatic carbocycles. The summed E-state index contributed by atoms with van der Waals surface area (Å²) in [5, 5.41) is 8.53. The van der Waals surface area contributed by atoms with E-state index in [2.05, 4.69) is 27.3 Å². The summed E-state index contributed by atoms with van der Waals surface area (Å²) >= 11 is 0. The van der Waals surface area contributed by atoms with Crippen molar-refractivity contribution in [3.05, 3.63) is 72.1 Å². The Kier molecular flexibility index (Phi) is 11.6. The molecule has 3 heterocycles. The molecule has 6 rings (SSSR count). The van der Waals surface area contributed by atoms with Gasteiger partial charge >= 0.3 is 6.09 Å². The number of nitrogens with zero attached hydrogens (tertiary/aromatic N) is 2. The molecule has 2 fully saturated rings. The third kappa shape index (κ3) is 8.21. The molecule has 0 bridgehead atoms. The van der Waals surface area contributed by atoms with Crippen LogP contribution in [0.5, 0.6) is 0 Å². The van der Waals surface area contributed by atoms with Gasteiger partial charge in [-0.1, -0.05) is 56.0 Å². The Labute approximate surface area is 313 Å². The number of para-hydroxylation sites is 1. The molecule has 1 spiro atoms. The third-order valence-electron chi connectivity index (χ3n) is 10.6. The van der Waals surface area contributed by atoms with Crippen molar-refractivity contribution in [2.75, 3.05) is 25.0 Å². The molecule has 2 aromatic rings. The van der Waals surface area contributed by atoms with E-state index in [0.29, 0.717) is 29.8 Å². The Morgan fingerprint density at radius 2 is 1.81 bits per heavy atom. The van der Waals surface area contributed by atoms with Crippen molar-refractivity contribution in [2.24, 2.45) is 11.7 Å². The molecule has 17 heteroatoms. The minimum atomic E-state index is -4.41. The molecule has 15 nitrogen and oxygen atoms in total. The second-order valence-corrected chi connectivity index (χ2v) is 15.9. The molecule has 1 saturated heterocycles. The first kappa shape index (κ1) is 38.7. The van der Waals surface area contributed by atoms with Crippen molar-refractivity contribution < 1.29 is 41.5 Å². The third-order valence-corrected chi connectivity index (χ3v) is 11.9. The molecule has 290 valence electrons. The summed E-state index contributed by atoms with van der Waals surface area (Å²) in [6.45, 7) is 3.74. The lowest BCUT2D eigenvalue weighted by molar-refractivity contribution is -0.142. The maximum atomic E-state index is 14.4. The number of hydrogen-bond donors (Lipinski definition) is 5. The van der Waals surface area contributed by atoms with E-state index < -0.39 is 75.2 Å². The number of fused-ring (bicyclic) bond motifs is 3. The molecule has 0 aromatic heterocycles. The minimum Gasteiger partial charge on any atom is -0.444 e. The number of ether oxygens (including phenoxy) is 1. The number of carbonyl (C=O) groups excluding carboxylic acids is 5. The van der Waals surface area contributed by atoms with Crippen LogP contribution in [0.25, 0.3) is 0 Å². The summed E-state index contributed by atoms with van der Waals surface area (Å²) in [5.74, 6) is -4.00. The van der Waals surface area contributed by atoms with Crippen LogP contribution >= 0.6 is 0 Å². The first-order valence-electron chi connectivity index (χ1n) is 18.2. The highest BCUT2D eigenvalue weighted by Gasteiger charge is 2.61. The topological polar surface area (TPSA) is 209 Å². The van der Waals surface area contributed by atoms with Crippen molar-refractivity contribution in [1.29, 1.82) is 0 Å². The summed E-state index contributed by atoms with van der Waals surface area (Å²) in [7, 11) is -4.41. The smallest absolute Gasteiger partial charge is 0.410 e. The maximum Gasteiger partial charge on any atom is 0.410 e. The number of rotatable bonds is 4. The van der Waals surface area contributed by atoms with Gasteiger partial charge in [-0.3, -0.25) is 24.1 Å². The van der Waals surface area contributed by atoms with E-state index in [1.165, 1.54) is 28.0 Å². The summed E-state index contributed by atoms with van der Waals surface area (Å²) in [6.07, 6.45) is 3.44. The average molecular weight is 768 g/mol. The van der Waals surface area contributed by atoms with Crippen LogP contribution in [0.1, 0.15) is 62.5 Å². The van der Waals surface area contributed by atoms with Gasteiger partial charge in [0.25, 0.3) is 15.9 Å². The molecule has 0 unspecified atom stereocenters. The van der Waals surface area contributed by atoms with Gasteiger partial charge in [-0.15, -0.1) is 6.58 Å². The summed E-state index contributed by atoms with van der Waals surface area (Å²) in [6, 6.07) is 8.47. The van der Waals surface area contributed by atoms with Crippen LogP contribution in [0.3, 0.4) is 0 Å². The standard InChI is InChI=1S/C37H46FN7O8S/c1-2-24-18-37(24)35(49)43-54(51,52)31-15-8-7-13-28(31)40-16-9-5-3-4-6-14-29(41-32(46)19-39)34(48)45-21-25(17-30(45)33(47)42-37)53-36(50)44-20-23-11-10-12-27(38)26(23)22-44/h2,7-8,10-13,15,24-25,29-30,40H,1,3-6,9,14,16-22,39H2,(H,41,46)(H,42,47)(H,43,49)/t24-,25-,29+,30+,37-/m1/s1. The predicted octanol–water partition coefficient (Wildman–Crippen LogP) is 2.02. The summed E-state index contributed by atoms with van der Waals surface area (Å²) < 4.78 is 49.6. The van der Waals surface area contributed by atoms with Gasteiger partial charge in [0.1, 0.15) is 34.4 Å². The van der Waals surface area contributed by atoms with E-state index in [1.54, 1.807) is 30.3 Å². The van der Waals surface area contributed by atoms with Crippen LogP contribution in [0.2, 0.25) is 0 Å².